The fourth-order valence-corrected chi connectivity index (χ4v) is 0.945. The van der Waals surface area contributed by atoms with Crippen LogP contribution in [0, 0.1) is 0 Å². The molecule has 0 aromatic carbocycles. The molecule has 0 aromatic heterocycles. The minimum atomic E-state index is -4.09. The predicted molar refractivity (Wildman–Crippen MR) is 53.9 cm³/mol. The molecule has 0 aromatic rings. The van der Waals surface area contributed by atoms with Crippen molar-refractivity contribution in [3.63, 3.8) is 0 Å². The van der Waals surface area contributed by atoms with Gasteiger partial charge < -0.3 is 10.1 Å². The summed E-state index contributed by atoms with van der Waals surface area (Å²) in [6.07, 6.45) is -2.08. The lowest BCUT2D eigenvalue weighted by atomic mass is 10.3. The average Bonchev–Trinajstić information content (AvgIpc) is 2.15. The molecule has 0 amide bonds. The van der Waals surface area contributed by atoms with Gasteiger partial charge in [-0.15, -0.1) is 0 Å². The van der Waals surface area contributed by atoms with Crippen LogP contribution in [0.25, 0.3) is 0 Å². The van der Waals surface area contributed by atoms with Gasteiger partial charge in [-0.1, -0.05) is 6.08 Å². The van der Waals surface area contributed by atoms with Gasteiger partial charge >= 0.3 is 12.1 Å². The van der Waals surface area contributed by atoms with E-state index in [9.17, 15) is 18.0 Å². The second kappa shape index (κ2) is 8.15. The van der Waals surface area contributed by atoms with Crippen LogP contribution in [-0.4, -0.2) is 31.8 Å². The van der Waals surface area contributed by atoms with Crippen LogP contribution in [0.3, 0.4) is 0 Å². The van der Waals surface area contributed by atoms with E-state index in [1.165, 1.54) is 12.2 Å². The van der Waals surface area contributed by atoms with E-state index in [2.05, 4.69) is 10.1 Å². The third-order valence-electron chi connectivity index (χ3n) is 1.62. The van der Waals surface area contributed by atoms with Gasteiger partial charge in [-0.05, 0) is 19.9 Å². The first-order chi connectivity index (χ1) is 7.45. The Balaban J connectivity index is 3.37. The Labute approximate surface area is 92.7 Å². The van der Waals surface area contributed by atoms with Crippen LogP contribution < -0.4 is 5.32 Å². The molecule has 0 rings (SSSR count). The molecule has 0 bridgehead atoms. The Hall–Kier alpha value is -1.04. The maximum Gasteiger partial charge on any atom is 0.389 e. The van der Waals surface area contributed by atoms with Gasteiger partial charge in [0.1, 0.15) is 0 Å². The van der Waals surface area contributed by atoms with Crippen molar-refractivity contribution in [1.82, 2.24) is 5.32 Å². The minimum Gasteiger partial charge on any atom is -0.463 e. The lowest BCUT2D eigenvalue weighted by Gasteiger charge is -2.05. The van der Waals surface area contributed by atoms with E-state index in [1.807, 2.05) is 0 Å². The highest BCUT2D eigenvalue weighted by atomic mass is 19.4. The monoisotopic (exact) mass is 239 g/mol. The second-order valence-corrected chi connectivity index (χ2v) is 3.08. The Morgan fingerprint density at radius 3 is 2.69 bits per heavy atom. The molecule has 0 radical (unpaired) electrons. The molecule has 0 aliphatic carbocycles. The number of nitrogens with one attached hydrogen (secondary N) is 1. The molecule has 16 heavy (non-hydrogen) atoms. The molecule has 0 saturated heterocycles. The van der Waals surface area contributed by atoms with Crippen molar-refractivity contribution in [2.24, 2.45) is 0 Å². The molecule has 0 heterocycles. The highest BCUT2D eigenvalue weighted by molar-refractivity contribution is 5.81. The minimum absolute atomic E-state index is 0.0384. The third kappa shape index (κ3) is 11.0. The molecule has 0 aliphatic heterocycles. The van der Waals surface area contributed by atoms with Gasteiger partial charge in [0.05, 0.1) is 6.61 Å². The lowest BCUT2D eigenvalue weighted by Crippen LogP contribution is -2.18. The zero-order chi connectivity index (χ0) is 12.4. The van der Waals surface area contributed by atoms with Crippen molar-refractivity contribution in [3.8, 4) is 0 Å². The molecule has 3 nitrogen and oxygen atoms in total. The zero-order valence-electron chi connectivity index (χ0n) is 9.14. The van der Waals surface area contributed by atoms with E-state index in [1.54, 1.807) is 6.92 Å². The fraction of sp³-hybridized carbons (Fsp3) is 0.700. The van der Waals surface area contributed by atoms with E-state index >= 15 is 0 Å². The topological polar surface area (TPSA) is 38.3 Å². The highest BCUT2D eigenvalue weighted by Crippen LogP contribution is 2.20. The van der Waals surface area contributed by atoms with E-state index in [0.29, 0.717) is 13.2 Å². The number of rotatable bonds is 7. The van der Waals surface area contributed by atoms with Crippen molar-refractivity contribution in [2.75, 3.05) is 19.7 Å². The van der Waals surface area contributed by atoms with Crippen LogP contribution in [0.1, 0.15) is 19.8 Å². The Morgan fingerprint density at radius 1 is 1.44 bits per heavy atom. The summed E-state index contributed by atoms with van der Waals surface area (Å²) in [6.45, 7) is 2.63. The van der Waals surface area contributed by atoms with Crippen LogP contribution in [0.2, 0.25) is 0 Å². The molecule has 0 unspecified atom stereocenters. The smallest absolute Gasteiger partial charge is 0.389 e. The van der Waals surface area contributed by atoms with Gasteiger partial charge in [0.25, 0.3) is 0 Å². The van der Waals surface area contributed by atoms with Crippen molar-refractivity contribution in [1.29, 1.82) is 0 Å². The van der Waals surface area contributed by atoms with Gasteiger partial charge in [-0.25, -0.2) is 4.79 Å². The fourth-order valence-electron chi connectivity index (χ4n) is 0.945. The molecule has 6 heteroatoms. The number of ether oxygens (including phenoxy) is 1. The van der Waals surface area contributed by atoms with Crippen molar-refractivity contribution >= 4 is 5.97 Å². The molecule has 0 fully saturated rings. The number of hydrogen-bond donors (Lipinski definition) is 1. The van der Waals surface area contributed by atoms with Gasteiger partial charge in [-0.2, -0.15) is 13.2 Å². The molecule has 1 N–H and O–H groups in total. The first-order valence-electron chi connectivity index (χ1n) is 5.06. The summed E-state index contributed by atoms with van der Waals surface area (Å²) < 4.78 is 39.8. The van der Waals surface area contributed by atoms with Crippen LogP contribution in [-0.2, 0) is 9.53 Å². The van der Waals surface area contributed by atoms with E-state index in [4.69, 9.17) is 0 Å². The van der Waals surface area contributed by atoms with Gasteiger partial charge in [0.2, 0.25) is 0 Å². The van der Waals surface area contributed by atoms with Crippen molar-refractivity contribution in [3.05, 3.63) is 12.2 Å². The van der Waals surface area contributed by atoms with Crippen LogP contribution in [0.5, 0.6) is 0 Å². The van der Waals surface area contributed by atoms with Crippen LogP contribution in [0.15, 0.2) is 12.2 Å². The van der Waals surface area contributed by atoms with E-state index in [0.717, 1.165) is 0 Å². The second-order valence-electron chi connectivity index (χ2n) is 3.08. The number of esters is 1. The van der Waals surface area contributed by atoms with Gasteiger partial charge in [0.15, 0.2) is 0 Å². The Morgan fingerprint density at radius 2 is 2.12 bits per heavy atom. The Kier molecular flexibility index (Phi) is 7.62. The predicted octanol–water partition coefficient (Wildman–Crippen LogP) is 2.04. The molecular weight excluding hydrogens is 223 g/mol. The summed E-state index contributed by atoms with van der Waals surface area (Å²) in [6, 6.07) is 0. The molecule has 0 spiro atoms. The first kappa shape index (κ1) is 15.0. The number of halogens is 3. The molecule has 94 valence electrons. The van der Waals surface area contributed by atoms with Crippen molar-refractivity contribution < 1.29 is 22.7 Å². The quantitative estimate of drug-likeness (QED) is 0.420. The lowest BCUT2D eigenvalue weighted by molar-refractivity contribution is -0.137. The van der Waals surface area contributed by atoms with Gasteiger partial charge in [0, 0.05) is 19.0 Å². The molecule has 0 atom stereocenters. The SMILES string of the molecule is CCOC(=O)/C=C/CNCCCC(F)(F)F. The largest absolute Gasteiger partial charge is 0.463 e. The number of hydrogen-bond acceptors (Lipinski definition) is 3. The van der Waals surface area contributed by atoms with E-state index in [-0.39, 0.29) is 13.0 Å². The van der Waals surface area contributed by atoms with E-state index < -0.39 is 18.6 Å². The summed E-state index contributed by atoms with van der Waals surface area (Å²) in [5.74, 6) is -0.445. The first-order valence-corrected chi connectivity index (χ1v) is 5.06. The maximum absolute atomic E-state index is 11.7. The maximum atomic E-state index is 11.7. The third-order valence-corrected chi connectivity index (χ3v) is 1.62. The Bertz CT molecular complexity index is 227. The summed E-state index contributed by atoms with van der Waals surface area (Å²) in [7, 11) is 0. The number of carbonyl (C=O) groups excluding carboxylic acids is 1. The summed E-state index contributed by atoms with van der Waals surface area (Å²) in [4.78, 5) is 10.8. The highest BCUT2D eigenvalue weighted by Gasteiger charge is 2.25. The molecule has 0 saturated carbocycles. The molecule has 0 aliphatic rings. The summed E-state index contributed by atoms with van der Waals surface area (Å²) in [5, 5.41) is 2.76. The zero-order valence-corrected chi connectivity index (χ0v) is 9.14. The van der Waals surface area contributed by atoms with Crippen molar-refractivity contribution in [2.45, 2.75) is 25.9 Å². The number of alkyl halides is 3. The van der Waals surface area contributed by atoms with Crippen LogP contribution >= 0.6 is 0 Å². The van der Waals surface area contributed by atoms with Crippen LogP contribution in [0.4, 0.5) is 13.2 Å². The summed E-state index contributed by atoms with van der Waals surface area (Å²) >= 11 is 0. The summed E-state index contributed by atoms with van der Waals surface area (Å²) in [5.41, 5.74) is 0. The molecular formula is C10H16F3NO2. The standard InChI is InChI=1S/C10H16F3NO2/c1-2-16-9(15)5-3-7-14-8-4-6-10(11,12)13/h3,5,14H,2,4,6-8H2,1H3/b5-3+. The normalized spacial score (nSPS) is 12.0. The number of carbonyl (C=O) groups is 1. The van der Waals surface area contributed by atoms with Gasteiger partial charge in [-0.3, -0.25) is 0 Å². The average molecular weight is 239 g/mol.